The molecule has 98 valence electrons. The summed E-state index contributed by atoms with van der Waals surface area (Å²) in [5.41, 5.74) is 6.31. The molecule has 18 heavy (non-hydrogen) atoms. The summed E-state index contributed by atoms with van der Waals surface area (Å²) in [5, 5.41) is 11.6. The SMILES string of the molecule is CC(N)CC(=O)NC(CC(=O)O)c1ccccc1. The van der Waals surface area contributed by atoms with Crippen molar-refractivity contribution in [1.82, 2.24) is 5.32 Å². The van der Waals surface area contributed by atoms with E-state index in [1.165, 1.54) is 0 Å². The first-order valence-electron chi connectivity index (χ1n) is 5.80. The highest BCUT2D eigenvalue weighted by atomic mass is 16.4. The highest BCUT2D eigenvalue weighted by Crippen LogP contribution is 2.16. The number of nitrogens with one attached hydrogen (secondary N) is 1. The average Bonchev–Trinajstić information content (AvgIpc) is 2.27. The van der Waals surface area contributed by atoms with Crippen LogP contribution in [0.25, 0.3) is 0 Å². The lowest BCUT2D eigenvalue weighted by Gasteiger charge is -2.18. The number of carboxylic acids is 1. The van der Waals surface area contributed by atoms with Crippen molar-refractivity contribution in [3.05, 3.63) is 35.9 Å². The van der Waals surface area contributed by atoms with Gasteiger partial charge in [0.15, 0.2) is 0 Å². The Kier molecular flexibility index (Phi) is 5.32. The van der Waals surface area contributed by atoms with Crippen LogP contribution in [0, 0.1) is 0 Å². The first-order valence-corrected chi connectivity index (χ1v) is 5.80. The van der Waals surface area contributed by atoms with Crippen LogP contribution < -0.4 is 11.1 Å². The normalized spacial score (nSPS) is 13.7. The van der Waals surface area contributed by atoms with Crippen molar-refractivity contribution in [3.63, 3.8) is 0 Å². The number of carbonyl (C=O) groups excluding carboxylic acids is 1. The number of carboxylic acid groups (broad SMARTS) is 1. The van der Waals surface area contributed by atoms with E-state index in [4.69, 9.17) is 10.8 Å². The molecule has 4 N–H and O–H groups in total. The van der Waals surface area contributed by atoms with Gasteiger partial charge in [-0.05, 0) is 12.5 Å². The number of rotatable bonds is 6. The van der Waals surface area contributed by atoms with Gasteiger partial charge in [-0.15, -0.1) is 0 Å². The van der Waals surface area contributed by atoms with Gasteiger partial charge in [0.25, 0.3) is 0 Å². The highest BCUT2D eigenvalue weighted by Gasteiger charge is 2.18. The maximum Gasteiger partial charge on any atom is 0.305 e. The molecule has 0 aromatic heterocycles. The highest BCUT2D eigenvalue weighted by molar-refractivity contribution is 5.78. The maximum absolute atomic E-state index is 11.6. The van der Waals surface area contributed by atoms with Gasteiger partial charge >= 0.3 is 5.97 Å². The Hall–Kier alpha value is -1.88. The number of aliphatic carboxylic acids is 1. The molecule has 0 aliphatic heterocycles. The minimum Gasteiger partial charge on any atom is -0.481 e. The molecule has 0 radical (unpaired) electrons. The Morgan fingerprint density at radius 2 is 1.89 bits per heavy atom. The first-order chi connectivity index (χ1) is 8.49. The number of hydrogen-bond donors (Lipinski definition) is 3. The van der Waals surface area contributed by atoms with Gasteiger partial charge in [0.1, 0.15) is 0 Å². The number of carbonyl (C=O) groups is 2. The second-order valence-corrected chi connectivity index (χ2v) is 4.31. The summed E-state index contributed by atoms with van der Waals surface area (Å²) in [6.45, 7) is 1.73. The van der Waals surface area contributed by atoms with Crippen molar-refractivity contribution >= 4 is 11.9 Å². The summed E-state index contributed by atoms with van der Waals surface area (Å²) >= 11 is 0. The van der Waals surface area contributed by atoms with E-state index >= 15 is 0 Å². The molecule has 5 heteroatoms. The van der Waals surface area contributed by atoms with Gasteiger partial charge in [0, 0.05) is 12.5 Å². The quantitative estimate of drug-likeness (QED) is 0.703. The van der Waals surface area contributed by atoms with E-state index in [1.54, 1.807) is 19.1 Å². The zero-order valence-corrected chi connectivity index (χ0v) is 10.3. The molecule has 1 aromatic carbocycles. The van der Waals surface area contributed by atoms with Crippen LogP contribution in [0.3, 0.4) is 0 Å². The van der Waals surface area contributed by atoms with E-state index in [-0.39, 0.29) is 24.8 Å². The number of amides is 1. The molecule has 0 heterocycles. The summed E-state index contributed by atoms with van der Waals surface area (Å²) in [5.74, 6) is -1.19. The topological polar surface area (TPSA) is 92.4 Å². The molecule has 0 saturated carbocycles. The maximum atomic E-state index is 11.6. The van der Waals surface area contributed by atoms with Crippen molar-refractivity contribution in [2.75, 3.05) is 0 Å². The Morgan fingerprint density at radius 3 is 2.39 bits per heavy atom. The fraction of sp³-hybridized carbons (Fsp3) is 0.385. The molecule has 0 bridgehead atoms. The van der Waals surface area contributed by atoms with Crippen molar-refractivity contribution in [1.29, 1.82) is 0 Å². The largest absolute Gasteiger partial charge is 0.481 e. The average molecular weight is 250 g/mol. The Balaban J connectivity index is 2.73. The van der Waals surface area contributed by atoms with Gasteiger partial charge in [0.05, 0.1) is 12.5 Å². The van der Waals surface area contributed by atoms with Crippen molar-refractivity contribution in [3.8, 4) is 0 Å². The monoisotopic (exact) mass is 250 g/mol. The number of nitrogens with two attached hydrogens (primary N) is 1. The van der Waals surface area contributed by atoms with E-state index in [1.807, 2.05) is 18.2 Å². The second kappa shape index (κ2) is 6.76. The fourth-order valence-electron chi connectivity index (χ4n) is 1.66. The van der Waals surface area contributed by atoms with E-state index in [2.05, 4.69) is 5.32 Å². The molecule has 2 atom stereocenters. The molecule has 0 fully saturated rings. The van der Waals surface area contributed by atoms with Gasteiger partial charge in [-0.2, -0.15) is 0 Å². The summed E-state index contributed by atoms with van der Waals surface area (Å²) in [7, 11) is 0. The lowest BCUT2D eigenvalue weighted by Crippen LogP contribution is -2.33. The van der Waals surface area contributed by atoms with Gasteiger partial charge in [-0.3, -0.25) is 9.59 Å². The molecule has 0 saturated heterocycles. The van der Waals surface area contributed by atoms with Crippen LogP contribution in [0.4, 0.5) is 0 Å². The molecular formula is C13H18N2O3. The fourth-order valence-corrected chi connectivity index (χ4v) is 1.66. The number of benzene rings is 1. The van der Waals surface area contributed by atoms with E-state index in [0.29, 0.717) is 0 Å². The molecule has 1 rings (SSSR count). The van der Waals surface area contributed by atoms with Crippen LogP contribution in [-0.4, -0.2) is 23.0 Å². The molecular weight excluding hydrogens is 232 g/mol. The van der Waals surface area contributed by atoms with Crippen LogP contribution >= 0.6 is 0 Å². The predicted octanol–water partition coefficient (Wildman–Crippen LogP) is 1.06. The lowest BCUT2D eigenvalue weighted by atomic mass is 10.0. The first kappa shape index (κ1) is 14.2. The zero-order valence-electron chi connectivity index (χ0n) is 10.3. The van der Waals surface area contributed by atoms with Crippen LogP contribution in [0.15, 0.2) is 30.3 Å². The zero-order chi connectivity index (χ0) is 13.5. The van der Waals surface area contributed by atoms with Crippen LogP contribution in [-0.2, 0) is 9.59 Å². The van der Waals surface area contributed by atoms with Gasteiger partial charge in [0.2, 0.25) is 5.91 Å². The van der Waals surface area contributed by atoms with Crippen molar-refractivity contribution in [2.45, 2.75) is 31.8 Å². The Morgan fingerprint density at radius 1 is 1.28 bits per heavy atom. The molecule has 1 amide bonds. The van der Waals surface area contributed by atoms with Crippen LogP contribution in [0.5, 0.6) is 0 Å². The molecule has 5 nitrogen and oxygen atoms in total. The summed E-state index contributed by atoms with van der Waals surface area (Å²) in [6, 6.07) is 8.27. The minimum atomic E-state index is -0.954. The lowest BCUT2D eigenvalue weighted by molar-refractivity contribution is -0.137. The van der Waals surface area contributed by atoms with E-state index in [9.17, 15) is 9.59 Å². The second-order valence-electron chi connectivity index (χ2n) is 4.31. The van der Waals surface area contributed by atoms with Gasteiger partial charge in [-0.25, -0.2) is 0 Å². The van der Waals surface area contributed by atoms with E-state index < -0.39 is 12.0 Å². The van der Waals surface area contributed by atoms with Crippen molar-refractivity contribution < 1.29 is 14.7 Å². The molecule has 1 aromatic rings. The predicted molar refractivity (Wildman–Crippen MR) is 67.8 cm³/mol. The van der Waals surface area contributed by atoms with E-state index in [0.717, 1.165) is 5.56 Å². The van der Waals surface area contributed by atoms with Crippen LogP contribution in [0.1, 0.15) is 31.4 Å². The summed E-state index contributed by atoms with van der Waals surface area (Å²) < 4.78 is 0. The smallest absolute Gasteiger partial charge is 0.305 e. The van der Waals surface area contributed by atoms with Crippen molar-refractivity contribution in [2.24, 2.45) is 5.73 Å². The molecule has 0 spiro atoms. The standard InChI is InChI=1S/C13H18N2O3/c1-9(14)7-12(16)15-11(8-13(17)18)10-5-3-2-4-6-10/h2-6,9,11H,7-8,14H2,1H3,(H,15,16)(H,17,18). The third-order valence-corrected chi connectivity index (χ3v) is 2.42. The molecule has 2 unspecified atom stereocenters. The summed E-state index contributed by atoms with van der Waals surface area (Å²) in [4.78, 5) is 22.4. The Bertz CT molecular complexity index is 404. The minimum absolute atomic E-state index is 0.144. The molecule has 0 aliphatic carbocycles. The molecule has 0 aliphatic rings. The van der Waals surface area contributed by atoms with Gasteiger partial charge < -0.3 is 16.2 Å². The van der Waals surface area contributed by atoms with Crippen LogP contribution in [0.2, 0.25) is 0 Å². The third kappa shape index (κ3) is 4.97. The van der Waals surface area contributed by atoms with Gasteiger partial charge in [-0.1, -0.05) is 30.3 Å². The summed E-state index contributed by atoms with van der Waals surface area (Å²) in [6.07, 6.45) is 0.0393. The Labute approximate surface area is 106 Å². The number of hydrogen-bond acceptors (Lipinski definition) is 3. The third-order valence-electron chi connectivity index (χ3n) is 2.42.